The summed E-state index contributed by atoms with van der Waals surface area (Å²) >= 11 is 6.38. The van der Waals surface area contributed by atoms with Gasteiger partial charge in [0.05, 0.1) is 22.5 Å². The standard InChI is InChI=1S/C43H50ClN9O4/c1-29-25-43(28-53(29)34-7-4-31(26-45)36(44)24-34)14-18-49(19-15-43)32-5-2-30(3-6-32)42(57)52-16-12-33(13-17-52)50-20-22-51(23-21-50)35-8-9-37(46-27-35)40(55)47-38-10-11-39(54)48-41(38)56/h2-9,24,27,29,33,38H,10-23,25,28H2,1H3,(H,47,55)(H,48,54,56)/t29-,38?/m0/s1. The smallest absolute Gasteiger partial charge is 0.270 e. The minimum atomic E-state index is -0.736. The van der Waals surface area contributed by atoms with E-state index < -0.39 is 17.9 Å². The van der Waals surface area contributed by atoms with Crippen LogP contribution in [0.15, 0.2) is 60.8 Å². The van der Waals surface area contributed by atoms with E-state index in [1.807, 2.05) is 41.3 Å². The van der Waals surface area contributed by atoms with Crippen LogP contribution >= 0.6 is 11.6 Å². The summed E-state index contributed by atoms with van der Waals surface area (Å²) in [6, 6.07) is 19.8. The third-order valence-electron chi connectivity index (χ3n) is 12.9. The summed E-state index contributed by atoms with van der Waals surface area (Å²) in [7, 11) is 0. The van der Waals surface area contributed by atoms with Gasteiger partial charge in [-0.1, -0.05) is 11.6 Å². The highest BCUT2D eigenvalue weighted by Crippen LogP contribution is 2.46. The number of pyridine rings is 1. The Balaban J connectivity index is 0.767. The molecule has 13 nitrogen and oxygen atoms in total. The summed E-state index contributed by atoms with van der Waals surface area (Å²) < 4.78 is 0. The monoisotopic (exact) mass is 791 g/mol. The molecule has 6 heterocycles. The second kappa shape index (κ2) is 16.3. The Kier molecular flexibility index (Phi) is 11.1. The zero-order valence-corrected chi connectivity index (χ0v) is 33.2. The molecule has 2 N–H and O–H groups in total. The highest BCUT2D eigenvalue weighted by Gasteiger charge is 2.44. The number of hydrogen-bond donors (Lipinski definition) is 2. The van der Waals surface area contributed by atoms with Crippen LogP contribution in [-0.4, -0.2) is 115 Å². The van der Waals surface area contributed by atoms with Gasteiger partial charge in [-0.15, -0.1) is 0 Å². The van der Waals surface area contributed by atoms with Crippen molar-refractivity contribution in [3.8, 4) is 6.07 Å². The van der Waals surface area contributed by atoms with Gasteiger partial charge in [0.25, 0.3) is 11.8 Å². The van der Waals surface area contributed by atoms with Crippen LogP contribution < -0.4 is 25.3 Å². The summed E-state index contributed by atoms with van der Waals surface area (Å²) in [5.74, 6) is -1.14. The number of anilines is 3. The number of carbonyl (C=O) groups excluding carboxylic acids is 4. The Labute approximate surface area is 338 Å². The van der Waals surface area contributed by atoms with Gasteiger partial charge in [-0.25, -0.2) is 4.98 Å². The SMILES string of the molecule is C[C@H]1CC2(CCN(c3ccc(C(=O)N4CCC(N5CCN(c6ccc(C(=O)NC7CCC(=O)NC7=O)nc6)CC5)CC4)cc3)CC2)CN1c1ccc(C#N)c(Cl)c1. The van der Waals surface area contributed by atoms with Crippen molar-refractivity contribution in [2.24, 2.45) is 5.41 Å². The fraction of sp³-hybridized carbons (Fsp3) is 0.488. The Hall–Kier alpha value is -5.19. The van der Waals surface area contributed by atoms with Crippen molar-refractivity contribution in [1.29, 1.82) is 5.26 Å². The molecule has 3 aromatic rings. The maximum atomic E-state index is 13.6. The lowest BCUT2D eigenvalue weighted by atomic mass is 9.76. The molecule has 1 aromatic heterocycles. The molecule has 5 aliphatic heterocycles. The van der Waals surface area contributed by atoms with E-state index in [0.29, 0.717) is 22.7 Å². The van der Waals surface area contributed by atoms with Crippen LogP contribution in [-0.2, 0) is 9.59 Å². The number of benzene rings is 2. The first kappa shape index (κ1) is 38.7. The van der Waals surface area contributed by atoms with Crippen LogP contribution in [0.1, 0.15) is 78.3 Å². The maximum absolute atomic E-state index is 13.6. The molecular weight excluding hydrogens is 742 g/mol. The number of piperazine rings is 1. The van der Waals surface area contributed by atoms with Crippen LogP contribution in [0.5, 0.6) is 0 Å². The molecule has 2 aromatic carbocycles. The van der Waals surface area contributed by atoms with E-state index in [-0.39, 0.29) is 35.8 Å². The van der Waals surface area contributed by atoms with E-state index in [4.69, 9.17) is 11.6 Å². The molecule has 8 rings (SSSR count). The number of amides is 4. The molecule has 1 unspecified atom stereocenters. The molecule has 0 saturated carbocycles. The third-order valence-corrected chi connectivity index (χ3v) is 13.3. The number of imide groups is 1. The summed E-state index contributed by atoms with van der Waals surface area (Å²) in [5, 5.41) is 14.7. The fourth-order valence-electron chi connectivity index (χ4n) is 9.59. The van der Waals surface area contributed by atoms with E-state index >= 15 is 0 Å². The lowest BCUT2D eigenvalue weighted by Crippen LogP contribution is -2.53. The predicted molar refractivity (Wildman–Crippen MR) is 219 cm³/mol. The van der Waals surface area contributed by atoms with Gasteiger partial charge in [0.2, 0.25) is 11.8 Å². The van der Waals surface area contributed by atoms with Gasteiger partial charge in [-0.3, -0.25) is 29.4 Å². The maximum Gasteiger partial charge on any atom is 0.270 e. The van der Waals surface area contributed by atoms with Gasteiger partial charge >= 0.3 is 0 Å². The van der Waals surface area contributed by atoms with Gasteiger partial charge in [0.1, 0.15) is 17.8 Å². The number of piperidine rings is 3. The number of hydrogen-bond acceptors (Lipinski definition) is 10. The molecular formula is C43H50ClN9O4. The van der Waals surface area contributed by atoms with Crippen molar-refractivity contribution in [3.63, 3.8) is 0 Å². The summed E-state index contributed by atoms with van der Waals surface area (Å²) in [6.45, 7) is 10.3. The Morgan fingerprint density at radius 3 is 2.21 bits per heavy atom. The number of aromatic nitrogens is 1. The predicted octanol–water partition coefficient (Wildman–Crippen LogP) is 4.45. The lowest BCUT2D eigenvalue weighted by molar-refractivity contribution is -0.134. The molecule has 4 amide bonds. The van der Waals surface area contributed by atoms with Crippen molar-refractivity contribution in [2.75, 3.05) is 73.6 Å². The summed E-state index contributed by atoms with van der Waals surface area (Å²) in [6.07, 6.45) is 7.46. The molecule has 5 fully saturated rings. The van der Waals surface area contributed by atoms with Crippen LogP contribution in [0.4, 0.5) is 17.1 Å². The van der Waals surface area contributed by atoms with Crippen molar-refractivity contribution in [1.82, 2.24) is 25.4 Å². The van der Waals surface area contributed by atoms with E-state index in [9.17, 15) is 24.4 Å². The molecule has 14 heteroatoms. The summed E-state index contributed by atoms with van der Waals surface area (Å²) in [4.78, 5) is 65.7. The molecule has 298 valence electrons. The summed E-state index contributed by atoms with van der Waals surface area (Å²) in [5.41, 5.74) is 4.96. The Morgan fingerprint density at radius 1 is 0.877 bits per heavy atom. The van der Waals surface area contributed by atoms with Crippen molar-refractivity contribution in [3.05, 3.63) is 82.6 Å². The second-order valence-corrected chi connectivity index (χ2v) is 16.8. The first-order chi connectivity index (χ1) is 27.6. The van der Waals surface area contributed by atoms with Gasteiger partial charge in [-0.05, 0) is 105 Å². The molecule has 2 atom stereocenters. The first-order valence-corrected chi connectivity index (χ1v) is 20.7. The van der Waals surface area contributed by atoms with Gasteiger partial charge < -0.3 is 24.9 Å². The minimum Gasteiger partial charge on any atom is -0.371 e. The highest BCUT2D eigenvalue weighted by atomic mass is 35.5. The minimum absolute atomic E-state index is 0.104. The van der Waals surface area contributed by atoms with E-state index in [1.165, 1.54) is 5.69 Å². The van der Waals surface area contributed by atoms with Crippen molar-refractivity contribution >= 4 is 52.3 Å². The molecule has 0 aliphatic carbocycles. The number of nitrogens with one attached hydrogen (secondary N) is 2. The van der Waals surface area contributed by atoms with E-state index in [1.54, 1.807) is 12.3 Å². The number of nitriles is 1. The fourth-order valence-corrected chi connectivity index (χ4v) is 9.80. The van der Waals surface area contributed by atoms with Gasteiger partial charge in [-0.2, -0.15) is 5.26 Å². The number of nitrogens with zero attached hydrogens (tertiary/aromatic N) is 7. The topological polar surface area (TPSA) is 145 Å². The largest absolute Gasteiger partial charge is 0.371 e. The Bertz CT molecular complexity index is 2030. The zero-order chi connectivity index (χ0) is 39.7. The molecule has 5 saturated heterocycles. The average Bonchev–Trinajstić information content (AvgIpc) is 3.56. The second-order valence-electron chi connectivity index (χ2n) is 16.4. The number of rotatable bonds is 7. The van der Waals surface area contributed by atoms with Crippen LogP contribution in [0.25, 0.3) is 0 Å². The van der Waals surface area contributed by atoms with Crippen molar-refractivity contribution < 1.29 is 19.2 Å². The van der Waals surface area contributed by atoms with Gasteiger partial charge in [0.15, 0.2) is 0 Å². The quantitative estimate of drug-likeness (QED) is 0.330. The van der Waals surface area contributed by atoms with Crippen LogP contribution in [0.2, 0.25) is 5.02 Å². The van der Waals surface area contributed by atoms with E-state index in [0.717, 1.165) is 108 Å². The lowest BCUT2D eigenvalue weighted by Gasteiger charge is -2.43. The highest BCUT2D eigenvalue weighted by molar-refractivity contribution is 6.32. The van der Waals surface area contributed by atoms with E-state index in [2.05, 4.69) is 60.3 Å². The van der Waals surface area contributed by atoms with Crippen molar-refractivity contribution in [2.45, 2.75) is 70.0 Å². The molecule has 1 spiro atoms. The average molecular weight is 792 g/mol. The number of likely N-dealkylation sites (tertiary alicyclic amines) is 1. The number of carbonyl (C=O) groups is 4. The zero-order valence-electron chi connectivity index (χ0n) is 32.5. The molecule has 5 aliphatic rings. The van der Waals surface area contributed by atoms with Crippen LogP contribution in [0.3, 0.4) is 0 Å². The van der Waals surface area contributed by atoms with Crippen LogP contribution in [0, 0.1) is 16.7 Å². The normalized spacial score (nSPS) is 23.0. The number of halogens is 1. The molecule has 57 heavy (non-hydrogen) atoms. The Morgan fingerprint density at radius 2 is 1.56 bits per heavy atom. The van der Waals surface area contributed by atoms with Gasteiger partial charge in [0, 0.05) is 94.3 Å². The molecule has 0 radical (unpaired) electrons. The molecule has 0 bridgehead atoms. The third kappa shape index (κ3) is 8.29. The first-order valence-electron chi connectivity index (χ1n) is 20.3.